The number of hydrogen-bond donors (Lipinski definition) is 0. The smallest absolute Gasteiger partial charge is 0.410 e. The second kappa shape index (κ2) is 9.76. The molecule has 0 unspecified atom stereocenters. The standard InChI is InChI=1S/C26H26BrCl2N3O2/c1-26(2,3)34-25(33)32-13-12-31(4)21-14-16(8-9-17(21)15-32)24-23(29)19(10-11-30-24)18-6-5-7-20(27)22(18)28/h5-11,14H,12-13,15H2,1-4H3. The molecule has 1 aliphatic rings. The predicted octanol–water partition coefficient (Wildman–Crippen LogP) is 7.67. The van der Waals surface area contributed by atoms with E-state index in [-0.39, 0.29) is 6.09 Å². The van der Waals surface area contributed by atoms with Crippen molar-refractivity contribution >= 4 is 50.9 Å². The molecule has 0 atom stereocenters. The molecule has 2 aromatic carbocycles. The maximum Gasteiger partial charge on any atom is 0.410 e. The summed E-state index contributed by atoms with van der Waals surface area (Å²) in [4.78, 5) is 21.2. The number of aromatic nitrogens is 1. The third-order valence-corrected chi connectivity index (χ3v) is 7.30. The van der Waals surface area contributed by atoms with E-state index in [1.54, 1.807) is 11.1 Å². The van der Waals surface area contributed by atoms with E-state index >= 15 is 0 Å². The molecule has 5 nitrogen and oxygen atoms in total. The van der Waals surface area contributed by atoms with E-state index < -0.39 is 5.60 Å². The van der Waals surface area contributed by atoms with Crippen LogP contribution in [-0.2, 0) is 11.3 Å². The van der Waals surface area contributed by atoms with E-state index in [2.05, 4.69) is 31.9 Å². The molecule has 3 aromatic rings. The van der Waals surface area contributed by atoms with Gasteiger partial charge >= 0.3 is 6.09 Å². The SMILES string of the molecule is CN1CCN(C(=O)OC(C)(C)C)Cc2ccc(-c3nccc(-c4cccc(Br)c4Cl)c3Cl)cc21. The predicted molar refractivity (Wildman–Crippen MR) is 143 cm³/mol. The highest BCUT2D eigenvalue weighted by atomic mass is 79.9. The summed E-state index contributed by atoms with van der Waals surface area (Å²) in [6.45, 7) is 7.36. The first kappa shape index (κ1) is 24.8. The Bertz CT molecular complexity index is 1240. The van der Waals surface area contributed by atoms with Crippen LogP contribution in [0.4, 0.5) is 10.5 Å². The first-order valence-electron chi connectivity index (χ1n) is 11.0. The van der Waals surface area contributed by atoms with Crippen molar-refractivity contribution in [1.29, 1.82) is 0 Å². The number of benzene rings is 2. The van der Waals surface area contributed by atoms with Crippen molar-refractivity contribution < 1.29 is 9.53 Å². The van der Waals surface area contributed by atoms with Crippen LogP contribution >= 0.6 is 39.1 Å². The number of carbonyl (C=O) groups is 1. The van der Waals surface area contributed by atoms with Gasteiger partial charge in [-0.3, -0.25) is 4.98 Å². The lowest BCUT2D eigenvalue weighted by Crippen LogP contribution is -2.38. The fourth-order valence-corrected chi connectivity index (χ4v) is 4.84. The number of carbonyl (C=O) groups excluding carboxylic acids is 1. The number of anilines is 1. The minimum Gasteiger partial charge on any atom is -0.444 e. The van der Waals surface area contributed by atoms with Crippen LogP contribution in [-0.4, -0.2) is 41.7 Å². The zero-order valence-electron chi connectivity index (χ0n) is 19.5. The van der Waals surface area contributed by atoms with Gasteiger partial charge in [-0.25, -0.2) is 4.79 Å². The number of amides is 1. The topological polar surface area (TPSA) is 45.7 Å². The number of rotatable bonds is 2. The Morgan fingerprint density at radius 2 is 1.79 bits per heavy atom. The van der Waals surface area contributed by atoms with E-state index in [1.807, 2.05) is 64.2 Å². The Morgan fingerprint density at radius 3 is 2.53 bits per heavy atom. The van der Waals surface area contributed by atoms with Gasteiger partial charge in [0.2, 0.25) is 0 Å². The Labute approximate surface area is 218 Å². The van der Waals surface area contributed by atoms with Gasteiger partial charge in [-0.2, -0.15) is 0 Å². The Kier molecular flexibility index (Phi) is 7.13. The van der Waals surface area contributed by atoms with Crippen LogP contribution in [0.3, 0.4) is 0 Å². The van der Waals surface area contributed by atoms with Crippen LogP contribution in [0.15, 0.2) is 53.1 Å². The van der Waals surface area contributed by atoms with Gasteiger partial charge in [-0.1, -0.05) is 47.5 Å². The van der Waals surface area contributed by atoms with Gasteiger partial charge in [-0.05, 0) is 60.5 Å². The summed E-state index contributed by atoms with van der Waals surface area (Å²) in [5.41, 5.74) is 4.77. The van der Waals surface area contributed by atoms with E-state index in [4.69, 9.17) is 27.9 Å². The summed E-state index contributed by atoms with van der Waals surface area (Å²) in [7, 11) is 2.02. The maximum absolute atomic E-state index is 12.7. The van der Waals surface area contributed by atoms with Gasteiger partial charge in [0.25, 0.3) is 0 Å². The Morgan fingerprint density at radius 1 is 1.06 bits per heavy atom. The molecular formula is C26H26BrCl2N3O2. The van der Waals surface area contributed by atoms with Crippen molar-refractivity contribution in [3.8, 4) is 22.4 Å². The van der Waals surface area contributed by atoms with Crippen LogP contribution in [0, 0.1) is 0 Å². The number of fused-ring (bicyclic) bond motifs is 1. The molecule has 8 heteroatoms. The molecule has 0 saturated heterocycles. The summed E-state index contributed by atoms with van der Waals surface area (Å²) in [5, 5.41) is 1.14. The molecule has 34 heavy (non-hydrogen) atoms. The largest absolute Gasteiger partial charge is 0.444 e. The highest BCUT2D eigenvalue weighted by molar-refractivity contribution is 9.10. The van der Waals surface area contributed by atoms with Crippen molar-refractivity contribution in [1.82, 2.24) is 9.88 Å². The van der Waals surface area contributed by atoms with E-state index in [1.165, 1.54) is 0 Å². The minimum absolute atomic E-state index is 0.305. The summed E-state index contributed by atoms with van der Waals surface area (Å²) in [6.07, 6.45) is 1.44. The van der Waals surface area contributed by atoms with Gasteiger partial charge in [0.05, 0.1) is 22.3 Å². The number of halogens is 3. The molecule has 0 fully saturated rings. The molecule has 0 aliphatic carbocycles. The van der Waals surface area contributed by atoms with Crippen molar-refractivity contribution in [2.75, 3.05) is 25.0 Å². The van der Waals surface area contributed by atoms with Gasteiger partial charge in [0, 0.05) is 53.2 Å². The van der Waals surface area contributed by atoms with Crippen molar-refractivity contribution in [3.05, 3.63) is 68.7 Å². The number of hydrogen-bond acceptors (Lipinski definition) is 4. The highest BCUT2D eigenvalue weighted by Crippen LogP contribution is 2.41. The summed E-state index contributed by atoms with van der Waals surface area (Å²) in [5.74, 6) is 0. The Hall–Kier alpha value is -2.28. The number of pyridine rings is 1. The second-order valence-corrected chi connectivity index (χ2v) is 10.9. The highest BCUT2D eigenvalue weighted by Gasteiger charge is 2.26. The normalized spacial score (nSPS) is 14.0. The number of nitrogens with zero attached hydrogens (tertiary/aromatic N) is 3. The molecule has 4 rings (SSSR count). The molecule has 0 radical (unpaired) electrons. The van der Waals surface area contributed by atoms with Gasteiger partial charge in [-0.15, -0.1) is 0 Å². The summed E-state index contributed by atoms with van der Waals surface area (Å²) in [6, 6.07) is 13.7. The van der Waals surface area contributed by atoms with Gasteiger partial charge in [0.15, 0.2) is 0 Å². The van der Waals surface area contributed by atoms with E-state index in [9.17, 15) is 4.79 Å². The van der Waals surface area contributed by atoms with Gasteiger partial charge < -0.3 is 14.5 Å². The Balaban J connectivity index is 1.70. The fourth-order valence-electron chi connectivity index (χ4n) is 3.92. The molecule has 0 saturated carbocycles. The monoisotopic (exact) mass is 561 g/mol. The van der Waals surface area contributed by atoms with Crippen molar-refractivity contribution in [2.45, 2.75) is 32.9 Å². The third-order valence-electron chi connectivity index (χ3n) is 5.62. The lowest BCUT2D eigenvalue weighted by Gasteiger charge is -2.26. The minimum atomic E-state index is -0.535. The molecular weight excluding hydrogens is 537 g/mol. The van der Waals surface area contributed by atoms with Crippen LogP contribution in [0.5, 0.6) is 0 Å². The molecule has 178 valence electrons. The summed E-state index contributed by atoms with van der Waals surface area (Å²) >= 11 is 16.9. The zero-order chi connectivity index (χ0) is 24.6. The third kappa shape index (κ3) is 5.19. The quantitative estimate of drug-likeness (QED) is 0.321. The first-order valence-corrected chi connectivity index (χ1v) is 12.5. The molecule has 0 bridgehead atoms. The van der Waals surface area contributed by atoms with Crippen molar-refractivity contribution in [2.24, 2.45) is 0 Å². The van der Waals surface area contributed by atoms with E-state index in [0.29, 0.717) is 35.4 Å². The average molecular weight is 563 g/mol. The maximum atomic E-state index is 12.7. The fraction of sp³-hybridized carbons (Fsp3) is 0.308. The average Bonchev–Trinajstić information content (AvgIpc) is 2.94. The van der Waals surface area contributed by atoms with Gasteiger partial charge in [0.1, 0.15) is 5.60 Å². The molecule has 1 aliphatic heterocycles. The molecule has 2 heterocycles. The lowest BCUT2D eigenvalue weighted by atomic mass is 10.0. The summed E-state index contributed by atoms with van der Waals surface area (Å²) < 4.78 is 6.40. The van der Waals surface area contributed by atoms with E-state index in [0.717, 1.165) is 32.4 Å². The van der Waals surface area contributed by atoms with Crippen LogP contribution in [0.2, 0.25) is 10.0 Å². The second-order valence-electron chi connectivity index (χ2n) is 9.29. The van der Waals surface area contributed by atoms with Crippen molar-refractivity contribution in [3.63, 3.8) is 0 Å². The lowest BCUT2D eigenvalue weighted by molar-refractivity contribution is 0.0243. The molecule has 1 aromatic heterocycles. The zero-order valence-corrected chi connectivity index (χ0v) is 22.6. The van der Waals surface area contributed by atoms with Crippen LogP contribution in [0.25, 0.3) is 22.4 Å². The molecule has 0 spiro atoms. The number of ether oxygens (including phenoxy) is 1. The number of likely N-dealkylation sites (N-methyl/N-ethyl adjacent to an activating group) is 1. The van der Waals surface area contributed by atoms with Crippen LogP contribution in [0.1, 0.15) is 26.3 Å². The first-order chi connectivity index (χ1) is 16.0. The molecule has 0 N–H and O–H groups in total. The van der Waals surface area contributed by atoms with Crippen LogP contribution < -0.4 is 4.90 Å². The molecule has 1 amide bonds.